The molecule has 2 rings (SSSR count). The van der Waals surface area contributed by atoms with Gasteiger partial charge in [0.05, 0.1) is 6.04 Å². The van der Waals surface area contributed by atoms with Gasteiger partial charge >= 0.3 is 0 Å². The lowest BCUT2D eigenvalue weighted by Crippen LogP contribution is -2.48. The zero-order chi connectivity index (χ0) is 14.7. The number of carbonyl (C=O) groups excluding carboxylic acids is 1. The number of nitrogens with zero attached hydrogens (tertiary/aromatic N) is 1. The second kappa shape index (κ2) is 6.27. The van der Waals surface area contributed by atoms with Crippen LogP contribution in [0.5, 0.6) is 5.75 Å². The number of aryl methyl sites for hydroxylation is 2. The molecular weight excluding hydrogens is 252 g/mol. The number of hydrogen-bond donors (Lipinski definition) is 1. The van der Waals surface area contributed by atoms with Crippen molar-refractivity contribution in [3.8, 4) is 5.75 Å². The van der Waals surface area contributed by atoms with Crippen molar-refractivity contribution < 1.29 is 9.53 Å². The highest BCUT2D eigenvalue weighted by molar-refractivity contribution is 5.79. The Bertz CT molecular complexity index is 479. The number of amides is 1. The monoisotopic (exact) mass is 276 g/mol. The Balaban J connectivity index is 1.91. The van der Waals surface area contributed by atoms with Crippen molar-refractivity contribution >= 4 is 5.91 Å². The first-order valence-corrected chi connectivity index (χ1v) is 7.24. The van der Waals surface area contributed by atoms with E-state index in [-0.39, 0.29) is 18.1 Å². The van der Waals surface area contributed by atoms with Crippen molar-refractivity contribution in [2.75, 3.05) is 13.1 Å². The molecule has 1 aliphatic rings. The van der Waals surface area contributed by atoms with Crippen LogP contribution in [0.15, 0.2) is 18.2 Å². The molecule has 0 spiro atoms. The highest BCUT2D eigenvalue weighted by atomic mass is 16.5. The molecule has 1 saturated heterocycles. The van der Waals surface area contributed by atoms with Crippen LogP contribution < -0.4 is 10.5 Å². The highest BCUT2D eigenvalue weighted by Crippen LogP contribution is 2.24. The van der Waals surface area contributed by atoms with Crippen LogP contribution in [0.4, 0.5) is 0 Å². The van der Waals surface area contributed by atoms with Crippen molar-refractivity contribution in [1.29, 1.82) is 0 Å². The Morgan fingerprint density at radius 3 is 2.60 bits per heavy atom. The van der Waals surface area contributed by atoms with Gasteiger partial charge in [0.15, 0.2) is 0 Å². The minimum Gasteiger partial charge on any atom is -0.490 e. The molecule has 110 valence electrons. The number of carbonyl (C=O) groups is 1. The predicted molar refractivity (Wildman–Crippen MR) is 79.8 cm³/mol. The average Bonchev–Trinajstić information content (AvgIpc) is 2.43. The number of ether oxygens (including phenoxy) is 1. The first-order valence-electron chi connectivity index (χ1n) is 7.24. The molecule has 20 heavy (non-hydrogen) atoms. The number of likely N-dealkylation sites (tertiary alicyclic amines) is 1. The molecule has 0 aliphatic carbocycles. The molecule has 4 heteroatoms. The lowest BCUT2D eigenvalue weighted by molar-refractivity contribution is -0.123. The molecule has 0 unspecified atom stereocenters. The van der Waals surface area contributed by atoms with Crippen molar-refractivity contribution in [3.63, 3.8) is 0 Å². The summed E-state index contributed by atoms with van der Waals surface area (Å²) in [6.45, 7) is 7.73. The largest absolute Gasteiger partial charge is 0.490 e. The van der Waals surface area contributed by atoms with Gasteiger partial charge in [-0.1, -0.05) is 12.1 Å². The maximum Gasteiger partial charge on any atom is 0.234 e. The summed E-state index contributed by atoms with van der Waals surface area (Å²) in [6.07, 6.45) is 2.10. The maximum absolute atomic E-state index is 11.2. The van der Waals surface area contributed by atoms with E-state index in [0.29, 0.717) is 0 Å². The molecule has 1 fully saturated rings. The van der Waals surface area contributed by atoms with Crippen molar-refractivity contribution in [2.24, 2.45) is 5.73 Å². The van der Waals surface area contributed by atoms with Crippen LogP contribution in [0.2, 0.25) is 0 Å². The van der Waals surface area contributed by atoms with Crippen LogP contribution in [-0.4, -0.2) is 36.0 Å². The number of rotatable bonds is 4. The fourth-order valence-electron chi connectivity index (χ4n) is 2.57. The van der Waals surface area contributed by atoms with Crippen LogP contribution in [0.25, 0.3) is 0 Å². The molecule has 1 atom stereocenters. The van der Waals surface area contributed by atoms with Gasteiger partial charge in [-0.15, -0.1) is 0 Å². The SMILES string of the molecule is Cc1ccc(C)c(OC2CCN([C@H](C)C(N)=O)CC2)c1. The smallest absolute Gasteiger partial charge is 0.234 e. The summed E-state index contributed by atoms with van der Waals surface area (Å²) in [7, 11) is 0. The molecule has 0 bridgehead atoms. The minimum absolute atomic E-state index is 0.184. The van der Waals surface area contributed by atoms with E-state index in [2.05, 4.69) is 36.9 Å². The second-order valence-electron chi connectivity index (χ2n) is 5.70. The lowest BCUT2D eigenvalue weighted by atomic mass is 10.1. The van der Waals surface area contributed by atoms with E-state index in [4.69, 9.17) is 10.5 Å². The quantitative estimate of drug-likeness (QED) is 0.915. The Hall–Kier alpha value is -1.55. The summed E-state index contributed by atoms with van der Waals surface area (Å²) in [5.74, 6) is 0.727. The minimum atomic E-state index is -0.251. The molecule has 1 aromatic rings. The molecule has 1 heterocycles. The molecule has 1 aliphatic heterocycles. The van der Waals surface area contributed by atoms with E-state index in [1.54, 1.807) is 0 Å². The van der Waals surface area contributed by atoms with Gasteiger partial charge in [0, 0.05) is 13.1 Å². The highest BCUT2D eigenvalue weighted by Gasteiger charge is 2.26. The van der Waals surface area contributed by atoms with Gasteiger partial charge in [-0.2, -0.15) is 0 Å². The lowest BCUT2D eigenvalue weighted by Gasteiger charge is -2.34. The van der Waals surface area contributed by atoms with Crippen molar-refractivity contribution in [3.05, 3.63) is 29.3 Å². The Kier molecular flexibility index (Phi) is 4.65. The number of nitrogens with two attached hydrogens (primary N) is 1. The van der Waals surface area contributed by atoms with E-state index >= 15 is 0 Å². The van der Waals surface area contributed by atoms with E-state index in [1.807, 2.05) is 6.92 Å². The van der Waals surface area contributed by atoms with Gasteiger partial charge in [0.25, 0.3) is 0 Å². The summed E-state index contributed by atoms with van der Waals surface area (Å²) >= 11 is 0. The molecule has 2 N–H and O–H groups in total. The van der Waals surface area contributed by atoms with Crippen molar-refractivity contribution in [2.45, 2.75) is 45.8 Å². The Morgan fingerprint density at radius 1 is 1.35 bits per heavy atom. The van der Waals surface area contributed by atoms with E-state index in [9.17, 15) is 4.79 Å². The van der Waals surface area contributed by atoms with Crippen LogP contribution in [-0.2, 0) is 4.79 Å². The summed E-state index contributed by atoms with van der Waals surface area (Å²) in [5, 5.41) is 0. The molecule has 1 aromatic carbocycles. The summed E-state index contributed by atoms with van der Waals surface area (Å²) < 4.78 is 6.11. The number of primary amides is 1. The van der Waals surface area contributed by atoms with E-state index in [0.717, 1.165) is 31.7 Å². The third-order valence-electron chi connectivity index (χ3n) is 4.07. The molecule has 4 nitrogen and oxygen atoms in total. The molecule has 1 amide bonds. The normalized spacial score (nSPS) is 18.8. The standard InChI is InChI=1S/C16H24N2O2/c1-11-4-5-12(2)15(10-11)20-14-6-8-18(9-7-14)13(3)16(17)19/h4-5,10,13-14H,6-9H2,1-3H3,(H2,17,19)/t13-/m1/s1. The first kappa shape index (κ1) is 14.9. The van der Waals surface area contributed by atoms with Crippen LogP contribution >= 0.6 is 0 Å². The molecular formula is C16H24N2O2. The van der Waals surface area contributed by atoms with E-state index in [1.165, 1.54) is 11.1 Å². The van der Waals surface area contributed by atoms with Gasteiger partial charge in [-0.05, 0) is 50.8 Å². The van der Waals surface area contributed by atoms with Gasteiger partial charge in [-0.3, -0.25) is 9.69 Å². The third kappa shape index (κ3) is 3.51. The zero-order valence-electron chi connectivity index (χ0n) is 12.6. The van der Waals surface area contributed by atoms with Gasteiger partial charge in [0.1, 0.15) is 11.9 Å². The third-order valence-corrected chi connectivity index (χ3v) is 4.07. The van der Waals surface area contributed by atoms with Crippen LogP contribution in [0, 0.1) is 13.8 Å². The first-order chi connectivity index (χ1) is 9.47. The summed E-state index contributed by atoms with van der Waals surface area (Å²) in [4.78, 5) is 13.3. The van der Waals surface area contributed by atoms with Gasteiger partial charge in [0.2, 0.25) is 5.91 Å². The molecule has 0 saturated carbocycles. The second-order valence-corrected chi connectivity index (χ2v) is 5.70. The maximum atomic E-state index is 11.2. The summed E-state index contributed by atoms with van der Waals surface area (Å²) in [6, 6.07) is 6.10. The van der Waals surface area contributed by atoms with Crippen molar-refractivity contribution in [1.82, 2.24) is 4.90 Å². The van der Waals surface area contributed by atoms with Crippen LogP contribution in [0.3, 0.4) is 0 Å². The Morgan fingerprint density at radius 2 is 2.00 bits per heavy atom. The average molecular weight is 276 g/mol. The van der Waals surface area contributed by atoms with Gasteiger partial charge in [-0.25, -0.2) is 0 Å². The fourth-order valence-corrected chi connectivity index (χ4v) is 2.57. The number of benzene rings is 1. The van der Waals surface area contributed by atoms with Gasteiger partial charge < -0.3 is 10.5 Å². The zero-order valence-corrected chi connectivity index (χ0v) is 12.6. The topological polar surface area (TPSA) is 55.6 Å². The number of piperidine rings is 1. The van der Waals surface area contributed by atoms with Crippen LogP contribution in [0.1, 0.15) is 30.9 Å². The van der Waals surface area contributed by atoms with E-state index < -0.39 is 0 Å². The summed E-state index contributed by atoms with van der Waals surface area (Å²) in [5.41, 5.74) is 7.73. The fraction of sp³-hybridized carbons (Fsp3) is 0.562. The Labute approximate surface area is 120 Å². The predicted octanol–water partition coefficient (Wildman–Crippen LogP) is 2.02. The molecule has 0 aromatic heterocycles. The number of hydrogen-bond acceptors (Lipinski definition) is 3. The molecule has 0 radical (unpaired) electrons.